The Balaban J connectivity index is 1.77. The number of amides is 1. The highest BCUT2D eigenvalue weighted by molar-refractivity contribution is 7.14. The molecule has 1 aromatic heterocycles. The van der Waals surface area contributed by atoms with E-state index in [0.717, 1.165) is 38.0 Å². The van der Waals surface area contributed by atoms with E-state index in [0.29, 0.717) is 23.3 Å². The standard InChI is InChI=1S/C18H23N3O3S/c1-2-14-12-25-17(20-14)21(15-3-5-16(22)6-4-15)18(23)24-11-13-7-9-19-10-8-13/h3-6,12-13,19,22H,2,7-11H2,1H3. The molecule has 7 heteroatoms. The molecule has 2 heterocycles. The van der Waals surface area contributed by atoms with Crippen molar-refractivity contribution in [3.8, 4) is 5.75 Å². The number of nitrogens with one attached hydrogen (secondary N) is 1. The van der Waals surface area contributed by atoms with Gasteiger partial charge in [0.15, 0.2) is 5.13 Å². The molecule has 1 aliphatic rings. The van der Waals surface area contributed by atoms with E-state index in [-0.39, 0.29) is 5.75 Å². The zero-order valence-corrected chi connectivity index (χ0v) is 15.1. The van der Waals surface area contributed by atoms with Gasteiger partial charge in [-0.15, -0.1) is 11.3 Å². The fourth-order valence-electron chi connectivity index (χ4n) is 2.76. The molecule has 0 atom stereocenters. The van der Waals surface area contributed by atoms with Crippen LogP contribution in [0.25, 0.3) is 0 Å². The topological polar surface area (TPSA) is 74.7 Å². The second-order valence-electron chi connectivity index (χ2n) is 6.10. The van der Waals surface area contributed by atoms with Crippen molar-refractivity contribution >= 4 is 28.2 Å². The number of aryl methyl sites for hydroxylation is 1. The smallest absolute Gasteiger partial charge is 0.420 e. The monoisotopic (exact) mass is 361 g/mol. The highest BCUT2D eigenvalue weighted by atomic mass is 32.1. The number of piperidine rings is 1. The number of carbonyl (C=O) groups excluding carboxylic acids is 1. The number of benzene rings is 1. The zero-order valence-electron chi connectivity index (χ0n) is 14.3. The minimum atomic E-state index is -0.429. The number of ether oxygens (including phenoxy) is 1. The van der Waals surface area contributed by atoms with E-state index in [9.17, 15) is 9.90 Å². The summed E-state index contributed by atoms with van der Waals surface area (Å²) in [6, 6.07) is 6.48. The molecule has 0 radical (unpaired) electrons. The number of thiazole rings is 1. The van der Waals surface area contributed by atoms with Gasteiger partial charge in [-0.1, -0.05) is 6.92 Å². The van der Waals surface area contributed by atoms with Crippen LogP contribution < -0.4 is 10.2 Å². The lowest BCUT2D eigenvalue weighted by Gasteiger charge is -2.24. The Bertz CT molecular complexity index is 696. The molecule has 0 saturated carbocycles. The summed E-state index contributed by atoms with van der Waals surface area (Å²) in [4.78, 5) is 18.8. The van der Waals surface area contributed by atoms with Crippen LogP contribution in [0.15, 0.2) is 29.6 Å². The van der Waals surface area contributed by atoms with Gasteiger partial charge in [0.05, 0.1) is 18.0 Å². The summed E-state index contributed by atoms with van der Waals surface area (Å²) >= 11 is 1.41. The van der Waals surface area contributed by atoms with Crippen LogP contribution in [0.3, 0.4) is 0 Å². The van der Waals surface area contributed by atoms with Crippen molar-refractivity contribution in [2.45, 2.75) is 26.2 Å². The Hall–Kier alpha value is -2.12. The van der Waals surface area contributed by atoms with Crippen LogP contribution in [0.5, 0.6) is 5.75 Å². The summed E-state index contributed by atoms with van der Waals surface area (Å²) in [5, 5.41) is 15.3. The second-order valence-corrected chi connectivity index (χ2v) is 6.93. The van der Waals surface area contributed by atoms with Gasteiger partial charge in [0.1, 0.15) is 5.75 Å². The highest BCUT2D eigenvalue weighted by Crippen LogP contribution is 2.31. The molecule has 6 nitrogen and oxygen atoms in total. The number of hydrogen-bond acceptors (Lipinski definition) is 6. The fraction of sp³-hybridized carbons (Fsp3) is 0.444. The van der Waals surface area contributed by atoms with Crippen LogP contribution in [0.2, 0.25) is 0 Å². The number of phenolic OH excluding ortho intramolecular Hbond substituents is 1. The average Bonchev–Trinajstić information content (AvgIpc) is 3.11. The zero-order chi connectivity index (χ0) is 17.6. The first-order valence-electron chi connectivity index (χ1n) is 8.58. The molecular weight excluding hydrogens is 338 g/mol. The number of rotatable bonds is 5. The van der Waals surface area contributed by atoms with E-state index in [1.165, 1.54) is 16.2 Å². The lowest BCUT2D eigenvalue weighted by molar-refractivity contribution is 0.126. The Kier molecular flexibility index (Phi) is 5.88. The maximum atomic E-state index is 12.8. The van der Waals surface area contributed by atoms with E-state index >= 15 is 0 Å². The predicted octanol–water partition coefficient (Wildman–Crippen LogP) is 3.69. The second kappa shape index (κ2) is 8.31. The molecule has 25 heavy (non-hydrogen) atoms. The van der Waals surface area contributed by atoms with Gasteiger partial charge in [0, 0.05) is 5.38 Å². The molecule has 1 aliphatic heterocycles. The number of aromatic nitrogens is 1. The van der Waals surface area contributed by atoms with Gasteiger partial charge in [-0.25, -0.2) is 14.7 Å². The largest absolute Gasteiger partial charge is 0.508 e. The quantitative estimate of drug-likeness (QED) is 0.850. The van der Waals surface area contributed by atoms with Crippen molar-refractivity contribution in [2.24, 2.45) is 5.92 Å². The van der Waals surface area contributed by atoms with E-state index in [1.807, 2.05) is 12.3 Å². The average molecular weight is 361 g/mol. The van der Waals surface area contributed by atoms with E-state index in [4.69, 9.17) is 4.74 Å². The van der Waals surface area contributed by atoms with Crippen LogP contribution in [-0.4, -0.2) is 35.9 Å². The molecule has 3 rings (SSSR count). The minimum absolute atomic E-state index is 0.153. The van der Waals surface area contributed by atoms with Gasteiger partial charge in [0.2, 0.25) is 0 Å². The van der Waals surface area contributed by atoms with Crippen LogP contribution >= 0.6 is 11.3 Å². The van der Waals surface area contributed by atoms with Crippen LogP contribution in [0, 0.1) is 5.92 Å². The van der Waals surface area contributed by atoms with Gasteiger partial charge >= 0.3 is 6.09 Å². The molecular formula is C18H23N3O3S. The van der Waals surface area contributed by atoms with Crippen molar-refractivity contribution in [3.05, 3.63) is 35.3 Å². The predicted molar refractivity (Wildman–Crippen MR) is 98.7 cm³/mol. The normalized spacial score (nSPS) is 15.1. The maximum absolute atomic E-state index is 12.8. The number of nitrogens with zero attached hydrogens (tertiary/aromatic N) is 2. The molecule has 0 spiro atoms. The number of aromatic hydroxyl groups is 1. The fourth-order valence-corrected chi connectivity index (χ4v) is 3.68. The van der Waals surface area contributed by atoms with Crippen molar-refractivity contribution in [1.29, 1.82) is 0 Å². The first kappa shape index (κ1) is 17.7. The molecule has 1 fully saturated rings. The Morgan fingerprint density at radius 1 is 1.36 bits per heavy atom. The van der Waals surface area contributed by atoms with Crippen molar-refractivity contribution in [3.63, 3.8) is 0 Å². The van der Waals surface area contributed by atoms with E-state index in [1.54, 1.807) is 24.3 Å². The molecule has 1 amide bonds. The number of carbonyl (C=O) groups is 1. The third-order valence-corrected chi connectivity index (χ3v) is 5.16. The van der Waals surface area contributed by atoms with E-state index in [2.05, 4.69) is 10.3 Å². The van der Waals surface area contributed by atoms with Gasteiger partial charge < -0.3 is 15.2 Å². The molecule has 2 N–H and O–H groups in total. The summed E-state index contributed by atoms with van der Waals surface area (Å²) in [5.74, 6) is 0.550. The van der Waals surface area contributed by atoms with Crippen molar-refractivity contribution < 1.29 is 14.6 Å². The highest BCUT2D eigenvalue weighted by Gasteiger charge is 2.24. The van der Waals surface area contributed by atoms with Crippen LogP contribution in [-0.2, 0) is 11.2 Å². The molecule has 0 unspecified atom stereocenters. The lowest BCUT2D eigenvalue weighted by atomic mass is 9.99. The SMILES string of the molecule is CCc1csc(N(C(=O)OCC2CCNCC2)c2ccc(O)cc2)n1. The third kappa shape index (κ3) is 4.49. The van der Waals surface area contributed by atoms with Crippen LogP contribution in [0.4, 0.5) is 15.6 Å². The molecule has 2 aromatic rings. The maximum Gasteiger partial charge on any atom is 0.420 e. The Labute approximate surface area is 151 Å². The third-order valence-electron chi connectivity index (χ3n) is 4.28. The van der Waals surface area contributed by atoms with Crippen molar-refractivity contribution in [2.75, 3.05) is 24.6 Å². The molecule has 0 aliphatic carbocycles. The van der Waals surface area contributed by atoms with Gasteiger partial charge in [-0.2, -0.15) is 0 Å². The number of hydrogen-bond donors (Lipinski definition) is 2. The van der Waals surface area contributed by atoms with Gasteiger partial charge in [-0.05, 0) is 62.5 Å². The summed E-state index contributed by atoms with van der Waals surface area (Å²) in [6.45, 7) is 4.38. The summed E-state index contributed by atoms with van der Waals surface area (Å²) in [7, 11) is 0. The number of phenols is 1. The first-order chi connectivity index (χ1) is 12.2. The summed E-state index contributed by atoms with van der Waals surface area (Å²) < 4.78 is 5.59. The first-order valence-corrected chi connectivity index (χ1v) is 9.46. The van der Waals surface area contributed by atoms with Gasteiger partial charge in [-0.3, -0.25) is 0 Å². The molecule has 1 saturated heterocycles. The summed E-state index contributed by atoms with van der Waals surface area (Å²) in [5.41, 5.74) is 1.57. The Morgan fingerprint density at radius 2 is 2.08 bits per heavy atom. The van der Waals surface area contributed by atoms with Gasteiger partial charge in [0.25, 0.3) is 0 Å². The molecule has 1 aromatic carbocycles. The number of anilines is 2. The molecule has 0 bridgehead atoms. The Morgan fingerprint density at radius 3 is 2.72 bits per heavy atom. The lowest BCUT2D eigenvalue weighted by Crippen LogP contribution is -2.33. The molecule has 134 valence electrons. The minimum Gasteiger partial charge on any atom is -0.508 e. The summed E-state index contributed by atoms with van der Waals surface area (Å²) in [6.07, 6.45) is 2.42. The van der Waals surface area contributed by atoms with E-state index < -0.39 is 6.09 Å². The van der Waals surface area contributed by atoms with Crippen LogP contribution in [0.1, 0.15) is 25.5 Å². The van der Waals surface area contributed by atoms with Crippen molar-refractivity contribution in [1.82, 2.24) is 10.3 Å².